The molecular formula is C19H15Cl2NO2S. The second kappa shape index (κ2) is 6.60. The van der Waals surface area contributed by atoms with Crippen LogP contribution in [0.4, 0.5) is 0 Å². The first-order valence-electron chi connectivity index (χ1n) is 8.07. The average Bonchev–Trinajstić information content (AvgIpc) is 3.08. The molecule has 0 unspecified atom stereocenters. The monoisotopic (exact) mass is 391 g/mol. The van der Waals surface area contributed by atoms with Crippen molar-refractivity contribution in [1.82, 2.24) is 5.32 Å². The van der Waals surface area contributed by atoms with Gasteiger partial charge in [-0.15, -0.1) is 11.3 Å². The van der Waals surface area contributed by atoms with Gasteiger partial charge in [0.25, 0.3) is 0 Å². The van der Waals surface area contributed by atoms with Crippen molar-refractivity contribution < 1.29 is 9.59 Å². The summed E-state index contributed by atoms with van der Waals surface area (Å²) < 4.78 is 0. The third-order valence-electron chi connectivity index (χ3n) is 4.82. The van der Waals surface area contributed by atoms with E-state index in [4.69, 9.17) is 23.2 Å². The van der Waals surface area contributed by atoms with Crippen LogP contribution in [0, 0.1) is 0 Å². The number of hydrogen-bond acceptors (Lipinski definition) is 3. The van der Waals surface area contributed by atoms with Gasteiger partial charge in [0.2, 0.25) is 5.91 Å². The molecule has 2 heterocycles. The number of ketones is 1. The lowest BCUT2D eigenvalue weighted by atomic mass is 9.74. The van der Waals surface area contributed by atoms with Crippen LogP contribution in [0.1, 0.15) is 41.5 Å². The fourth-order valence-corrected chi connectivity index (χ4v) is 5.11. The summed E-state index contributed by atoms with van der Waals surface area (Å²) in [6.07, 6.45) is 1.38. The van der Waals surface area contributed by atoms with Crippen LogP contribution in [0.5, 0.6) is 0 Å². The lowest BCUT2D eigenvalue weighted by molar-refractivity contribution is -0.122. The molecule has 0 bridgehead atoms. The van der Waals surface area contributed by atoms with Gasteiger partial charge in [-0.2, -0.15) is 0 Å². The fraction of sp³-hybridized carbons (Fsp3) is 0.263. The number of carbonyl (C=O) groups excluding carboxylic acids is 2. The molecule has 0 fully saturated rings. The Labute approximate surface area is 159 Å². The number of thiophene rings is 1. The van der Waals surface area contributed by atoms with Crippen LogP contribution >= 0.6 is 34.5 Å². The molecule has 2 aromatic rings. The molecule has 2 aliphatic rings. The standard InChI is InChI=1S/C19H15Cl2NO2S/c20-11-3-4-12(14(21)8-11)13-9-18(24)22-15-6-10(7-16(23)19(13)15)17-2-1-5-25-17/h1-5,8,10,13H,6-7,9H2,(H,22,24)/t10-,13-/m0/s1. The maximum Gasteiger partial charge on any atom is 0.225 e. The molecule has 0 spiro atoms. The summed E-state index contributed by atoms with van der Waals surface area (Å²) >= 11 is 14.0. The van der Waals surface area contributed by atoms with E-state index < -0.39 is 0 Å². The summed E-state index contributed by atoms with van der Waals surface area (Å²) in [4.78, 5) is 26.4. The van der Waals surface area contributed by atoms with Gasteiger partial charge in [0, 0.05) is 50.9 Å². The highest BCUT2D eigenvalue weighted by molar-refractivity contribution is 7.10. The van der Waals surface area contributed by atoms with Crippen molar-refractivity contribution in [1.29, 1.82) is 0 Å². The van der Waals surface area contributed by atoms with Crippen LogP contribution in [0.15, 0.2) is 47.0 Å². The summed E-state index contributed by atoms with van der Waals surface area (Å²) in [5.74, 6) is -0.152. The Balaban J connectivity index is 1.76. The minimum Gasteiger partial charge on any atom is -0.329 e. The summed E-state index contributed by atoms with van der Waals surface area (Å²) in [6.45, 7) is 0. The van der Waals surface area contributed by atoms with Gasteiger partial charge in [-0.25, -0.2) is 0 Å². The van der Waals surface area contributed by atoms with Crippen LogP contribution in [0.25, 0.3) is 0 Å². The first kappa shape index (κ1) is 16.8. The lowest BCUT2D eigenvalue weighted by Gasteiger charge is -2.34. The van der Waals surface area contributed by atoms with Crippen LogP contribution in [0.3, 0.4) is 0 Å². The van der Waals surface area contributed by atoms with Crippen molar-refractivity contribution >= 4 is 46.2 Å². The Morgan fingerprint density at radius 1 is 1.08 bits per heavy atom. The molecule has 1 N–H and O–H groups in total. The van der Waals surface area contributed by atoms with Crippen molar-refractivity contribution in [2.45, 2.75) is 31.1 Å². The van der Waals surface area contributed by atoms with Crippen LogP contribution < -0.4 is 5.32 Å². The first-order chi connectivity index (χ1) is 12.0. The van der Waals surface area contributed by atoms with E-state index in [0.717, 1.165) is 11.3 Å². The van der Waals surface area contributed by atoms with Crippen molar-refractivity contribution in [2.75, 3.05) is 0 Å². The smallest absolute Gasteiger partial charge is 0.225 e. The Hall–Kier alpha value is -1.62. The zero-order valence-electron chi connectivity index (χ0n) is 13.2. The van der Waals surface area contributed by atoms with Gasteiger partial charge in [0.15, 0.2) is 5.78 Å². The third-order valence-corrected chi connectivity index (χ3v) is 6.42. The molecule has 25 heavy (non-hydrogen) atoms. The topological polar surface area (TPSA) is 46.2 Å². The molecule has 128 valence electrons. The zero-order valence-corrected chi connectivity index (χ0v) is 15.5. The summed E-state index contributed by atoms with van der Waals surface area (Å²) in [5, 5.41) is 5.97. The van der Waals surface area contributed by atoms with Gasteiger partial charge in [-0.05, 0) is 35.6 Å². The van der Waals surface area contributed by atoms with Crippen molar-refractivity contribution in [3.8, 4) is 0 Å². The fourth-order valence-electron chi connectivity index (χ4n) is 3.73. The number of halogens is 2. The van der Waals surface area contributed by atoms with E-state index in [1.165, 1.54) is 4.88 Å². The summed E-state index contributed by atoms with van der Waals surface area (Å²) in [5.41, 5.74) is 2.25. The molecule has 0 saturated carbocycles. The zero-order chi connectivity index (χ0) is 17.6. The number of rotatable bonds is 2. The molecule has 1 aromatic heterocycles. The maximum absolute atomic E-state index is 12.9. The number of nitrogens with one attached hydrogen (secondary N) is 1. The van der Waals surface area contributed by atoms with Crippen LogP contribution in [-0.4, -0.2) is 11.7 Å². The third kappa shape index (κ3) is 3.14. The van der Waals surface area contributed by atoms with Crippen molar-refractivity contribution in [2.24, 2.45) is 0 Å². The van der Waals surface area contributed by atoms with Gasteiger partial charge < -0.3 is 5.32 Å². The highest BCUT2D eigenvalue weighted by Crippen LogP contribution is 2.44. The predicted octanol–water partition coefficient (Wildman–Crippen LogP) is 5.06. The SMILES string of the molecule is O=C1C[C@@H](c2ccc(Cl)cc2Cl)C2=C(C[C@H](c3cccs3)CC2=O)N1. The first-order valence-corrected chi connectivity index (χ1v) is 9.71. The van der Waals surface area contributed by atoms with E-state index >= 15 is 0 Å². The van der Waals surface area contributed by atoms with Crippen molar-refractivity contribution in [3.63, 3.8) is 0 Å². The van der Waals surface area contributed by atoms with Crippen LogP contribution in [-0.2, 0) is 9.59 Å². The minimum absolute atomic E-state index is 0.0746. The average molecular weight is 392 g/mol. The number of hydrogen-bond donors (Lipinski definition) is 1. The largest absolute Gasteiger partial charge is 0.329 e. The quantitative estimate of drug-likeness (QED) is 0.777. The summed E-state index contributed by atoms with van der Waals surface area (Å²) in [6, 6.07) is 9.26. The van der Waals surface area contributed by atoms with Crippen LogP contribution in [0.2, 0.25) is 10.0 Å². The highest BCUT2D eigenvalue weighted by atomic mass is 35.5. The summed E-state index contributed by atoms with van der Waals surface area (Å²) in [7, 11) is 0. The second-order valence-corrected chi connectivity index (χ2v) is 8.23. The predicted molar refractivity (Wildman–Crippen MR) is 100 cm³/mol. The molecule has 0 radical (unpaired) electrons. The molecule has 1 aromatic carbocycles. The van der Waals surface area contributed by atoms with E-state index in [-0.39, 0.29) is 29.9 Å². The Bertz CT molecular complexity index is 889. The van der Waals surface area contributed by atoms with E-state index in [0.29, 0.717) is 28.5 Å². The molecular weight excluding hydrogens is 377 g/mol. The maximum atomic E-state index is 12.9. The molecule has 1 aliphatic heterocycles. The van der Waals surface area contributed by atoms with Gasteiger partial charge in [0.05, 0.1) is 0 Å². The van der Waals surface area contributed by atoms with E-state index in [2.05, 4.69) is 5.32 Å². The molecule has 4 rings (SSSR count). The molecule has 6 heteroatoms. The van der Waals surface area contributed by atoms with E-state index in [1.54, 1.807) is 23.5 Å². The molecule has 1 aliphatic carbocycles. The van der Waals surface area contributed by atoms with E-state index in [1.807, 2.05) is 23.6 Å². The van der Waals surface area contributed by atoms with E-state index in [9.17, 15) is 9.59 Å². The number of benzene rings is 1. The molecule has 1 amide bonds. The van der Waals surface area contributed by atoms with Gasteiger partial charge in [-0.1, -0.05) is 35.3 Å². The van der Waals surface area contributed by atoms with Gasteiger partial charge in [0.1, 0.15) is 0 Å². The molecule has 2 atom stereocenters. The molecule has 3 nitrogen and oxygen atoms in total. The number of amides is 1. The second-order valence-electron chi connectivity index (χ2n) is 6.41. The van der Waals surface area contributed by atoms with Crippen molar-refractivity contribution in [3.05, 3.63) is 67.5 Å². The number of allylic oxidation sites excluding steroid dienone is 2. The lowest BCUT2D eigenvalue weighted by Crippen LogP contribution is -2.38. The Morgan fingerprint density at radius 2 is 1.92 bits per heavy atom. The number of Topliss-reactive ketones (excluding diaryl/α,β-unsaturated/α-hetero) is 1. The number of carbonyl (C=O) groups is 2. The molecule has 0 saturated heterocycles. The highest BCUT2D eigenvalue weighted by Gasteiger charge is 2.39. The normalized spacial score (nSPS) is 23.4. The minimum atomic E-state index is -0.301. The Kier molecular flexibility index (Phi) is 4.44. The van der Waals surface area contributed by atoms with Gasteiger partial charge in [-0.3, -0.25) is 9.59 Å². The van der Waals surface area contributed by atoms with Gasteiger partial charge >= 0.3 is 0 Å². The Morgan fingerprint density at radius 3 is 2.64 bits per heavy atom.